The maximum atomic E-state index is 10.4. The van der Waals surface area contributed by atoms with Crippen LogP contribution < -0.4 is 0 Å². The van der Waals surface area contributed by atoms with Crippen molar-refractivity contribution in [3.05, 3.63) is 0 Å². The lowest BCUT2D eigenvalue weighted by Gasteiger charge is -2.38. The molecule has 5 atom stereocenters. The quantitative estimate of drug-likeness (QED) is 0.327. The Balaban J connectivity index is 2.79. The van der Waals surface area contributed by atoms with Gasteiger partial charge in [-0.2, -0.15) is 8.42 Å². The number of rotatable bonds is 3. The summed E-state index contributed by atoms with van der Waals surface area (Å²) in [6, 6.07) is 0. The summed E-state index contributed by atoms with van der Waals surface area (Å²) in [5.74, 6) is 0. The third-order valence-corrected chi connectivity index (χ3v) is 2.50. The van der Waals surface area contributed by atoms with E-state index >= 15 is 0 Å². The van der Waals surface area contributed by atoms with Crippen molar-refractivity contribution < 1.29 is 42.3 Å². The molecule has 1 unspecified atom stereocenters. The van der Waals surface area contributed by atoms with Crippen LogP contribution in [0.15, 0.2) is 0 Å². The summed E-state index contributed by atoms with van der Waals surface area (Å²) in [6.07, 6.45) is -8.46. The number of ether oxygens (including phenoxy) is 1. The molecule has 1 rings (SSSR count). The molecular formula is C6H12O9S. The minimum Gasteiger partial charge on any atom is -0.394 e. The first kappa shape index (κ1) is 13.7. The van der Waals surface area contributed by atoms with E-state index in [4.69, 9.17) is 9.66 Å². The van der Waals surface area contributed by atoms with Crippen molar-refractivity contribution in [3.63, 3.8) is 0 Å². The fraction of sp³-hybridized carbons (Fsp3) is 1.00. The second-order valence-corrected chi connectivity index (χ2v) is 4.27. The van der Waals surface area contributed by atoms with Crippen LogP contribution in [-0.4, -0.2) is 70.7 Å². The first-order valence-corrected chi connectivity index (χ1v) is 5.59. The third-order valence-electron chi connectivity index (χ3n) is 2.06. The number of aliphatic hydroxyl groups is 4. The van der Waals surface area contributed by atoms with E-state index < -0.39 is 47.7 Å². The van der Waals surface area contributed by atoms with Gasteiger partial charge in [0.25, 0.3) is 0 Å². The van der Waals surface area contributed by atoms with Crippen LogP contribution in [0.1, 0.15) is 0 Å². The highest BCUT2D eigenvalue weighted by Crippen LogP contribution is 2.22. The summed E-state index contributed by atoms with van der Waals surface area (Å²) >= 11 is 0. The third kappa shape index (κ3) is 3.09. The van der Waals surface area contributed by atoms with Crippen LogP contribution in [0.4, 0.5) is 0 Å². The highest BCUT2D eigenvalue weighted by atomic mass is 32.3. The molecule has 96 valence electrons. The van der Waals surface area contributed by atoms with Crippen LogP contribution in [0.5, 0.6) is 0 Å². The Morgan fingerprint density at radius 2 is 1.69 bits per heavy atom. The summed E-state index contributed by atoms with van der Waals surface area (Å²) in [5, 5.41) is 36.5. The zero-order valence-corrected chi connectivity index (χ0v) is 8.69. The van der Waals surface area contributed by atoms with Crippen LogP contribution in [0.2, 0.25) is 0 Å². The van der Waals surface area contributed by atoms with Gasteiger partial charge in [-0.05, 0) is 0 Å². The topological polar surface area (TPSA) is 154 Å². The maximum Gasteiger partial charge on any atom is 0.399 e. The van der Waals surface area contributed by atoms with Gasteiger partial charge in [-0.25, -0.2) is 4.18 Å². The molecule has 1 aliphatic rings. The molecule has 1 fully saturated rings. The Hall–Kier alpha value is -0.330. The smallest absolute Gasteiger partial charge is 0.394 e. The Labute approximate surface area is 90.8 Å². The Kier molecular flexibility index (Phi) is 4.20. The number of hydrogen-bond donors (Lipinski definition) is 5. The van der Waals surface area contributed by atoms with Crippen LogP contribution in [0.3, 0.4) is 0 Å². The Bertz CT molecular complexity index is 325. The van der Waals surface area contributed by atoms with Crippen molar-refractivity contribution >= 4 is 10.4 Å². The lowest BCUT2D eigenvalue weighted by atomic mass is 10.00. The van der Waals surface area contributed by atoms with E-state index in [1.807, 2.05) is 0 Å². The molecule has 5 N–H and O–H groups in total. The van der Waals surface area contributed by atoms with E-state index in [0.29, 0.717) is 0 Å². The van der Waals surface area contributed by atoms with E-state index in [1.54, 1.807) is 0 Å². The molecule has 0 aromatic carbocycles. The predicted octanol–water partition coefficient (Wildman–Crippen LogP) is -3.39. The molecule has 1 heterocycles. The number of hydrogen-bond acceptors (Lipinski definition) is 8. The van der Waals surface area contributed by atoms with Gasteiger partial charge in [-0.15, -0.1) is 0 Å². The van der Waals surface area contributed by atoms with Gasteiger partial charge in [0.2, 0.25) is 6.29 Å². The summed E-state index contributed by atoms with van der Waals surface area (Å²) in [5.41, 5.74) is 0. The molecule has 0 aromatic heterocycles. The summed E-state index contributed by atoms with van der Waals surface area (Å²) in [4.78, 5) is 0. The first-order chi connectivity index (χ1) is 7.26. The van der Waals surface area contributed by atoms with E-state index in [2.05, 4.69) is 8.92 Å². The molecule has 0 amide bonds. The van der Waals surface area contributed by atoms with E-state index in [9.17, 15) is 23.7 Å². The lowest BCUT2D eigenvalue weighted by Crippen LogP contribution is -2.59. The molecule has 0 bridgehead atoms. The van der Waals surface area contributed by atoms with Gasteiger partial charge in [-0.1, -0.05) is 0 Å². The van der Waals surface area contributed by atoms with Crippen LogP contribution in [0, 0.1) is 0 Å². The van der Waals surface area contributed by atoms with Gasteiger partial charge < -0.3 is 25.2 Å². The number of aliphatic hydroxyl groups excluding tert-OH is 4. The van der Waals surface area contributed by atoms with Gasteiger partial charge in [0.1, 0.15) is 24.4 Å². The second-order valence-electron chi connectivity index (χ2n) is 3.22. The Morgan fingerprint density at radius 3 is 2.12 bits per heavy atom. The van der Waals surface area contributed by atoms with Crippen molar-refractivity contribution in [2.75, 3.05) is 6.61 Å². The monoisotopic (exact) mass is 260 g/mol. The first-order valence-electron chi connectivity index (χ1n) is 4.22. The van der Waals surface area contributed by atoms with Crippen LogP contribution in [-0.2, 0) is 19.3 Å². The van der Waals surface area contributed by atoms with Crippen molar-refractivity contribution in [2.45, 2.75) is 30.7 Å². The molecule has 0 spiro atoms. The van der Waals surface area contributed by atoms with Gasteiger partial charge >= 0.3 is 10.4 Å². The second kappa shape index (κ2) is 4.89. The van der Waals surface area contributed by atoms with Gasteiger partial charge in [0.05, 0.1) is 6.61 Å². The molecule has 1 aliphatic heterocycles. The minimum atomic E-state index is -4.89. The molecular weight excluding hydrogens is 248 g/mol. The lowest BCUT2D eigenvalue weighted by molar-refractivity contribution is -0.277. The minimum absolute atomic E-state index is 0.726. The molecule has 9 nitrogen and oxygen atoms in total. The molecule has 0 aliphatic carbocycles. The Morgan fingerprint density at radius 1 is 1.12 bits per heavy atom. The normalized spacial score (nSPS) is 40.9. The van der Waals surface area contributed by atoms with E-state index in [0.717, 1.165) is 0 Å². The molecule has 1 saturated heterocycles. The average Bonchev–Trinajstić information content (AvgIpc) is 2.17. The fourth-order valence-electron chi connectivity index (χ4n) is 1.27. The van der Waals surface area contributed by atoms with Crippen molar-refractivity contribution in [1.82, 2.24) is 0 Å². The standard InChI is InChI=1S/C6H12O9S/c7-1-2-3(8)4(9)5(10)6(14-2)15-16(11,12)13/h2-10H,1H2,(H,11,12,13)/t2-,3-,4+,5+,6?/m1/s1. The zero-order valence-electron chi connectivity index (χ0n) is 7.87. The summed E-state index contributed by atoms with van der Waals surface area (Å²) < 4.78 is 37.6. The zero-order chi connectivity index (χ0) is 12.5. The molecule has 0 aromatic rings. The van der Waals surface area contributed by atoms with Crippen molar-refractivity contribution in [2.24, 2.45) is 0 Å². The van der Waals surface area contributed by atoms with Gasteiger partial charge in [0, 0.05) is 0 Å². The molecule has 0 saturated carbocycles. The summed E-state index contributed by atoms with van der Waals surface area (Å²) in [6.45, 7) is -0.726. The average molecular weight is 260 g/mol. The predicted molar refractivity (Wildman–Crippen MR) is 46.4 cm³/mol. The maximum absolute atomic E-state index is 10.4. The molecule has 16 heavy (non-hydrogen) atoms. The van der Waals surface area contributed by atoms with Crippen LogP contribution >= 0.6 is 0 Å². The van der Waals surface area contributed by atoms with Gasteiger partial charge in [0.15, 0.2) is 0 Å². The summed E-state index contributed by atoms with van der Waals surface area (Å²) in [7, 11) is -4.89. The fourth-order valence-corrected chi connectivity index (χ4v) is 1.67. The van der Waals surface area contributed by atoms with Crippen molar-refractivity contribution in [1.29, 1.82) is 0 Å². The highest BCUT2D eigenvalue weighted by molar-refractivity contribution is 7.80. The largest absolute Gasteiger partial charge is 0.399 e. The SMILES string of the molecule is O=S(=O)(O)OC1O[C@H](CO)[C@@H](O)[C@H](O)[C@@H]1O. The molecule has 10 heteroatoms. The van der Waals surface area contributed by atoms with Crippen LogP contribution in [0.25, 0.3) is 0 Å². The van der Waals surface area contributed by atoms with Gasteiger partial charge in [-0.3, -0.25) is 4.55 Å². The van der Waals surface area contributed by atoms with E-state index in [-0.39, 0.29) is 0 Å². The highest BCUT2D eigenvalue weighted by Gasteiger charge is 2.45. The van der Waals surface area contributed by atoms with E-state index in [1.165, 1.54) is 0 Å². The van der Waals surface area contributed by atoms with Crippen molar-refractivity contribution in [3.8, 4) is 0 Å². The molecule has 0 radical (unpaired) electrons.